The van der Waals surface area contributed by atoms with Crippen LogP contribution in [0.4, 0.5) is 17.1 Å². The van der Waals surface area contributed by atoms with Gasteiger partial charge in [0.1, 0.15) is 0 Å². The first kappa shape index (κ1) is 12.9. The molecule has 0 unspecified atom stereocenters. The molecule has 0 bridgehead atoms. The van der Waals surface area contributed by atoms with Crippen molar-refractivity contribution in [3.63, 3.8) is 0 Å². The van der Waals surface area contributed by atoms with Crippen LogP contribution in [0.2, 0.25) is 0 Å². The molecular weight excluding hydrogens is 567 g/mol. The van der Waals surface area contributed by atoms with Gasteiger partial charge in [0, 0.05) is 17.1 Å². The third kappa shape index (κ3) is 5.83. The van der Waals surface area contributed by atoms with E-state index in [0.717, 1.165) is 4.90 Å². The molecule has 47 heavy (non-hydrogen) atoms. The molecule has 0 spiro atoms. The van der Waals surface area contributed by atoms with Gasteiger partial charge < -0.3 is 4.90 Å². The molecule has 8 aromatic carbocycles. The zero-order valence-electron chi connectivity index (χ0n) is 47.2. The minimum atomic E-state index is -0.920. The predicted molar refractivity (Wildman–Crippen MR) is 200 cm³/mol. The highest BCUT2D eigenvalue weighted by Crippen LogP contribution is 2.40. The Morgan fingerprint density at radius 3 is 1.15 bits per heavy atom. The number of benzene rings is 8. The summed E-state index contributed by atoms with van der Waals surface area (Å²) in [5, 5.41) is 1.37. The van der Waals surface area contributed by atoms with Gasteiger partial charge in [0.2, 0.25) is 0 Å². The molecule has 8 rings (SSSR count). The topological polar surface area (TPSA) is 3.24 Å². The van der Waals surface area contributed by atoms with Crippen LogP contribution in [0.3, 0.4) is 0 Å². The molecule has 0 radical (unpaired) electrons. The summed E-state index contributed by atoms with van der Waals surface area (Å²) in [4.78, 5) is 0.888. The number of anilines is 3. The van der Waals surface area contributed by atoms with Gasteiger partial charge >= 0.3 is 0 Å². The van der Waals surface area contributed by atoms with E-state index >= 15 is 0 Å². The molecule has 0 saturated heterocycles. The van der Waals surface area contributed by atoms with E-state index in [4.69, 9.17) is 20.6 Å². The second kappa shape index (κ2) is 12.7. The van der Waals surface area contributed by atoms with E-state index in [1.54, 1.807) is 36.4 Å². The van der Waals surface area contributed by atoms with Crippen molar-refractivity contribution in [3.8, 4) is 44.5 Å². The lowest BCUT2D eigenvalue weighted by Gasteiger charge is -2.26. The van der Waals surface area contributed by atoms with Gasteiger partial charge in [-0.3, -0.25) is 0 Å². The summed E-state index contributed by atoms with van der Waals surface area (Å²) in [6, 6.07) is -1.95. The fourth-order valence-corrected chi connectivity index (χ4v) is 5.07. The van der Waals surface area contributed by atoms with Gasteiger partial charge in [-0.1, -0.05) is 151 Å². The monoisotopic (exact) mass is 622 g/mol. The molecule has 0 fully saturated rings. The second-order valence-corrected chi connectivity index (χ2v) is 10.1. The third-order valence-corrected chi connectivity index (χ3v) is 7.26. The maximum atomic E-state index is 9.37. The third-order valence-electron chi connectivity index (χ3n) is 7.26. The average molecular weight is 623 g/mol. The Hall–Kier alpha value is -6.18. The Morgan fingerprint density at radius 2 is 0.702 bits per heavy atom. The largest absolute Gasteiger partial charge is 0.311 e. The molecule has 0 aliphatic carbocycles. The van der Waals surface area contributed by atoms with Gasteiger partial charge in [-0.15, -0.1) is 0 Å². The zero-order chi connectivity index (χ0) is 51.4. The summed E-state index contributed by atoms with van der Waals surface area (Å²) in [6.45, 7) is 0. The van der Waals surface area contributed by atoms with Crippen molar-refractivity contribution in [3.05, 3.63) is 200 Å². The van der Waals surface area contributed by atoms with Crippen molar-refractivity contribution in [2.24, 2.45) is 0 Å². The lowest BCUT2D eigenvalue weighted by Crippen LogP contribution is -2.09. The van der Waals surface area contributed by atoms with Crippen molar-refractivity contribution in [1.29, 1.82) is 0 Å². The molecule has 8 aromatic rings. The second-order valence-electron chi connectivity index (χ2n) is 10.1. The van der Waals surface area contributed by atoms with E-state index in [1.807, 2.05) is 0 Å². The van der Waals surface area contributed by atoms with Crippen LogP contribution in [0.15, 0.2) is 200 Å². The normalized spacial score (nSPS) is 17.8. The van der Waals surface area contributed by atoms with E-state index < -0.39 is 173 Å². The van der Waals surface area contributed by atoms with Crippen LogP contribution in [0.1, 0.15) is 31.5 Å². The standard InChI is InChI=1S/C46H33N/c1-4-12-34(13-5-1)36-20-26-42(27-21-36)47(43-28-22-37(23-29-43)35-14-6-2-7-15-35)44-30-24-39(25-31-44)46-33-41-19-11-10-18-40(41)32-45(46)38-16-8-3-9-17-38/h1-33H/i1D,2D,3D,4D,5D,6D,7D,8D,9D,12D,13D,14D,15D,16D,17D,20D,21D,22D,23D,26D,27D,28D,29D. The summed E-state index contributed by atoms with van der Waals surface area (Å²) in [7, 11) is 0. The summed E-state index contributed by atoms with van der Waals surface area (Å²) in [6.07, 6.45) is 0. The molecule has 0 aliphatic heterocycles. The maximum Gasteiger partial charge on any atom is 0.0645 e. The van der Waals surface area contributed by atoms with Gasteiger partial charge in [0.05, 0.1) is 31.5 Å². The molecule has 0 heterocycles. The van der Waals surface area contributed by atoms with Crippen LogP contribution in [-0.2, 0) is 0 Å². The van der Waals surface area contributed by atoms with Gasteiger partial charge in [-0.2, -0.15) is 0 Å². The van der Waals surface area contributed by atoms with Crippen LogP contribution in [-0.4, -0.2) is 0 Å². The number of nitrogens with zero attached hydrogens (tertiary/aromatic N) is 1. The molecule has 222 valence electrons. The van der Waals surface area contributed by atoms with Crippen molar-refractivity contribution < 1.29 is 31.5 Å². The molecule has 0 aliphatic rings. The number of rotatable bonds is 7. The summed E-state index contributed by atoms with van der Waals surface area (Å²) < 4.78 is 200. The molecule has 0 aromatic heterocycles. The highest BCUT2D eigenvalue weighted by Gasteiger charge is 2.15. The lowest BCUT2D eigenvalue weighted by atomic mass is 9.91. The minimum absolute atomic E-state index is 0.108. The lowest BCUT2D eigenvalue weighted by molar-refractivity contribution is 1.28. The van der Waals surface area contributed by atoms with Crippen LogP contribution in [0.25, 0.3) is 55.3 Å². The molecule has 1 heteroatoms. The van der Waals surface area contributed by atoms with E-state index in [-0.39, 0.29) is 16.8 Å². The Morgan fingerprint density at radius 1 is 0.319 bits per heavy atom. The Bertz CT molecular complexity index is 3310. The van der Waals surface area contributed by atoms with Gasteiger partial charge in [0.15, 0.2) is 0 Å². The van der Waals surface area contributed by atoms with Gasteiger partial charge in [-0.25, -0.2) is 0 Å². The molecular formula is C46H33N. The van der Waals surface area contributed by atoms with Crippen LogP contribution >= 0.6 is 0 Å². The molecule has 0 saturated carbocycles. The van der Waals surface area contributed by atoms with E-state index in [9.17, 15) is 11.0 Å². The molecule has 0 N–H and O–H groups in total. The van der Waals surface area contributed by atoms with Crippen LogP contribution in [0, 0.1) is 0 Å². The number of hydrogen-bond acceptors (Lipinski definition) is 1. The fourth-order valence-electron chi connectivity index (χ4n) is 5.07. The average Bonchev–Trinajstić information content (AvgIpc) is 3.35. The number of hydrogen-bond donors (Lipinski definition) is 0. The minimum Gasteiger partial charge on any atom is -0.311 e. The van der Waals surface area contributed by atoms with E-state index in [1.165, 1.54) is 24.3 Å². The van der Waals surface area contributed by atoms with Crippen LogP contribution in [0.5, 0.6) is 0 Å². The van der Waals surface area contributed by atoms with Gasteiger partial charge in [-0.05, 0) is 104 Å². The predicted octanol–water partition coefficient (Wildman–Crippen LogP) is 13.0. The Labute approximate surface area is 309 Å². The summed E-state index contributed by atoms with van der Waals surface area (Å²) >= 11 is 0. The highest BCUT2D eigenvalue weighted by molar-refractivity contribution is 5.96. The molecule has 0 amide bonds. The zero-order valence-corrected chi connectivity index (χ0v) is 24.2. The summed E-state index contributed by atoms with van der Waals surface area (Å²) in [5.74, 6) is 0. The first-order chi connectivity index (χ1) is 32.9. The van der Waals surface area contributed by atoms with Crippen molar-refractivity contribution in [2.45, 2.75) is 0 Å². The smallest absolute Gasteiger partial charge is 0.0645 e. The maximum absolute atomic E-state index is 9.37. The first-order valence-electron chi connectivity index (χ1n) is 25.7. The molecule has 1 nitrogen and oxygen atoms in total. The van der Waals surface area contributed by atoms with Crippen molar-refractivity contribution >= 4 is 27.8 Å². The Kier molecular flexibility index (Phi) is 3.48. The fraction of sp³-hybridized carbons (Fsp3) is 0. The van der Waals surface area contributed by atoms with E-state index in [0.29, 0.717) is 21.9 Å². The Balaban J connectivity index is 1.44. The number of fused-ring (bicyclic) bond motifs is 1. The highest BCUT2D eigenvalue weighted by atomic mass is 15.1. The van der Waals surface area contributed by atoms with Crippen LogP contribution < -0.4 is 4.90 Å². The SMILES string of the molecule is [2H]c1c([2H])c([2H])c(-c2cc3ccccc3cc2-c2ccc(N(c3c([2H])c([2H])c(-c4c([2H])c([2H])c([2H])c([2H])c4[2H])c([2H])c3[2H])c3c([2H])c([2H])c(-c4c([2H])c([2H])c([2H])c([2H])c4[2H])c([2H])c3[2H])cc2)c([2H])c1[2H]. The molecule has 0 atom stereocenters. The van der Waals surface area contributed by atoms with Gasteiger partial charge in [0.25, 0.3) is 0 Å². The van der Waals surface area contributed by atoms with Crippen molar-refractivity contribution in [2.75, 3.05) is 4.90 Å². The summed E-state index contributed by atoms with van der Waals surface area (Å²) in [5.41, 5.74) is -3.31. The first-order valence-corrected chi connectivity index (χ1v) is 14.2. The van der Waals surface area contributed by atoms with Crippen molar-refractivity contribution in [1.82, 2.24) is 0 Å². The quantitative estimate of drug-likeness (QED) is 0.171. The van der Waals surface area contributed by atoms with E-state index in [2.05, 4.69) is 0 Å².